The summed E-state index contributed by atoms with van der Waals surface area (Å²) < 4.78 is 5.28. The molecule has 94 valence electrons. The molecule has 0 unspecified atom stereocenters. The first-order valence-corrected chi connectivity index (χ1v) is 6.20. The van der Waals surface area contributed by atoms with Crippen LogP contribution in [0.2, 0.25) is 0 Å². The molecule has 0 amide bonds. The van der Waals surface area contributed by atoms with E-state index in [2.05, 4.69) is 12.1 Å². The van der Waals surface area contributed by atoms with Gasteiger partial charge in [-0.15, -0.1) is 0 Å². The van der Waals surface area contributed by atoms with Gasteiger partial charge in [0.15, 0.2) is 5.78 Å². The molecule has 0 heterocycles. The summed E-state index contributed by atoms with van der Waals surface area (Å²) in [4.78, 5) is 11.5. The summed E-state index contributed by atoms with van der Waals surface area (Å²) in [5.74, 6) is 0.912. The second-order valence-electron chi connectivity index (χ2n) is 4.64. The van der Waals surface area contributed by atoms with E-state index in [0.717, 1.165) is 32.9 Å². The molecular weight excluding hydrogens is 236 g/mol. The zero-order valence-corrected chi connectivity index (χ0v) is 10.9. The van der Waals surface area contributed by atoms with E-state index in [0.29, 0.717) is 0 Å². The maximum atomic E-state index is 11.5. The van der Waals surface area contributed by atoms with E-state index >= 15 is 0 Å². The van der Waals surface area contributed by atoms with E-state index in [-0.39, 0.29) is 5.78 Å². The van der Waals surface area contributed by atoms with Gasteiger partial charge >= 0.3 is 0 Å². The van der Waals surface area contributed by atoms with Gasteiger partial charge in [0.1, 0.15) is 5.75 Å². The van der Waals surface area contributed by atoms with Gasteiger partial charge in [0, 0.05) is 5.56 Å². The van der Waals surface area contributed by atoms with Crippen LogP contribution < -0.4 is 4.74 Å². The number of hydrogen-bond acceptors (Lipinski definition) is 2. The van der Waals surface area contributed by atoms with Gasteiger partial charge in [0.25, 0.3) is 0 Å². The second kappa shape index (κ2) is 4.39. The van der Waals surface area contributed by atoms with Gasteiger partial charge in [-0.25, -0.2) is 0 Å². The molecule has 0 saturated carbocycles. The van der Waals surface area contributed by atoms with Crippen LogP contribution in [0, 0.1) is 0 Å². The normalized spacial score (nSPS) is 10.8. The molecule has 3 aromatic rings. The first kappa shape index (κ1) is 11.7. The van der Waals surface area contributed by atoms with Crippen LogP contribution in [0.25, 0.3) is 21.5 Å². The number of carbonyl (C=O) groups excluding carboxylic acids is 1. The smallest absolute Gasteiger partial charge is 0.159 e. The predicted octanol–water partition coefficient (Wildman–Crippen LogP) is 4.20. The molecule has 19 heavy (non-hydrogen) atoms. The Morgan fingerprint density at radius 2 is 1.47 bits per heavy atom. The molecule has 3 aromatic carbocycles. The van der Waals surface area contributed by atoms with Gasteiger partial charge in [-0.2, -0.15) is 0 Å². The molecule has 2 heteroatoms. The summed E-state index contributed by atoms with van der Waals surface area (Å²) in [6.07, 6.45) is 0. The van der Waals surface area contributed by atoms with E-state index in [4.69, 9.17) is 4.74 Å². The third-order valence-corrected chi connectivity index (χ3v) is 3.45. The minimum Gasteiger partial charge on any atom is -0.497 e. The van der Waals surface area contributed by atoms with Crippen molar-refractivity contribution in [2.75, 3.05) is 7.11 Å². The highest BCUT2D eigenvalue weighted by molar-refractivity contribution is 6.10. The third-order valence-electron chi connectivity index (χ3n) is 3.45. The largest absolute Gasteiger partial charge is 0.497 e. The van der Waals surface area contributed by atoms with Crippen LogP contribution in [0.15, 0.2) is 48.5 Å². The molecule has 3 rings (SSSR count). The number of ether oxygens (including phenoxy) is 1. The van der Waals surface area contributed by atoms with Crippen molar-refractivity contribution in [1.82, 2.24) is 0 Å². The van der Waals surface area contributed by atoms with Crippen molar-refractivity contribution in [2.24, 2.45) is 0 Å². The quantitative estimate of drug-likeness (QED) is 0.503. The topological polar surface area (TPSA) is 26.3 Å². The highest BCUT2D eigenvalue weighted by Gasteiger charge is 2.05. The molecule has 0 fully saturated rings. The molecular formula is C17H14O2. The average Bonchev–Trinajstić information content (AvgIpc) is 2.45. The lowest BCUT2D eigenvalue weighted by Gasteiger charge is -2.07. The van der Waals surface area contributed by atoms with Crippen molar-refractivity contribution in [3.63, 3.8) is 0 Å². The molecule has 0 atom stereocenters. The molecule has 0 aliphatic rings. The summed E-state index contributed by atoms with van der Waals surface area (Å²) in [7, 11) is 1.66. The zero-order valence-electron chi connectivity index (χ0n) is 10.9. The van der Waals surface area contributed by atoms with Crippen LogP contribution in [0.3, 0.4) is 0 Å². The Morgan fingerprint density at radius 1 is 0.895 bits per heavy atom. The Kier molecular flexibility index (Phi) is 2.71. The average molecular weight is 250 g/mol. The lowest BCUT2D eigenvalue weighted by Crippen LogP contribution is -1.91. The maximum Gasteiger partial charge on any atom is 0.159 e. The highest BCUT2D eigenvalue weighted by Crippen LogP contribution is 2.29. The maximum absolute atomic E-state index is 11.5. The van der Waals surface area contributed by atoms with Crippen LogP contribution >= 0.6 is 0 Å². The summed E-state index contributed by atoms with van der Waals surface area (Å²) in [5.41, 5.74) is 0.739. The van der Waals surface area contributed by atoms with Crippen LogP contribution in [0.4, 0.5) is 0 Å². The number of ketones is 1. The Balaban J connectivity index is 2.41. The number of Topliss-reactive ketones (excluding diaryl/α,β-unsaturated/α-hetero) is 1. The number of carbonyl (C=O) groups is 1. The number of hydrogen-bond donors (Lipinski definition) is 0. The van der Waals surface area contributed by atoms with Crippen LogP contribution in [-0.4, -0.2) is 12.9 Å². The van der Waals surface area contributed by atoms with Gasteiger partial charge in [0.2, 0.25) is 0 Å². The molecule has 0 aliphatic heterocycles. The van der Waals surface area contributed by atoms with Crippen LogP contribution in [-0.2, 0) is 0 Å². The van der Waals surface area contributed by atoms with Gasteiger partial charge in [-0.1, -0.05) is 30.3 Å². The monoisotopic (exact) mass is 250 g/mol. The number of rotatable bonds is 2. The highest BCUT2D eigenvalue weighted by atomic mass is 16.5. The molecule has 0 saturated heterocycles. The van der Waals surface area contributed by atoms with Crippen molar-refractivity contribution in [2.45, 2.75) is 6.92 Å². The number of methoxy groups -OCH3 is 1. The zero-order chi connectivity index (χ0) is 13.4. The molecule has 0 N–H and O–H groups in total. The van der Waals surface area contributed by atoms with Crippen molar-refractivity contribution in [1.29, 1.82) is 0 Å². The Labute approximate surface area is 111 Å². The summed E-state index contributed by atoms with van der Waals surface area (Å²) in [6.45, 7) is 1.59. The minimum absolute atomic E-state index is 0.0850. The molecule has 0 aromatic heterocycles. The summed E-state index contributed by atoms with van der Waals surface area (Å²) in [5, 5.41) is 4.48. The first-order valence-electron chi connectivity index (χ1n) is 6.20. The molecule has 2 nitrogen and oxygen atoms in total. The van der Waals surface area contributed by atoms with Gasteiger partial charge in [0.05, 0.1) is 7.11 Å². The predicted molar refractivity (Wildman–Crippen MR) is 78.0 cm³/mol. The van der Waals surface area contributed by atoms with E-state index in [1.807, 2.05) is 36.4 Å². The summed E-state index contributed by atoms with van der Waals surface area (Å²) in [6, 6.07) is 16.0. The molecule has 0 bridgehead atoms. The van der Waals surface area contributed by atoms with Crippen LogP contribution in [0.1, 0.15) is 17.3 Å². The number of benzene rings is 3. The lowest BCUT2D eigenvalue weighted by molar-refractivity contribution is 0.101. The molecule has 0 aliphatic carbocycles. The van der Waals surface area contributed by atoms with E-state index in [1.165, 1.54) is 0 Å². The first-order chi connectivity index (χ1) is 9.19. The van der Waals surface area contributed by atoms with Crippen molar-refractivity contribution in [3.8, 4) is 5.75 Å². The van der Waals surface area contributed by atoms with Gasteiger partial charge in [-0.3, -0.25) is 4.79 Å². The Hall–Kier alpha value is -2.35. The molecule has 0 radical (unpaired) electrons. The van der Waals surface area contributed by atoms with Crippen molar-refractivity contribution >= 4 is 27.3 Å². The second-order valence-corrected chi connectivity index (χ2v) is 4.64. The Bertz CT molecular complexity index is 788. The van der Waals surface area contributed by atoms with Crippen LogP contribution in [0.5, 0.6) is 5.75 Å². The SMILES string of the molecule is COc1ccc2ccc3ccc(C(C)=O)cc3c2c1. The third kappa shape index (κ3) is 1.95. The van der Waals surface area contributed by atoms with Crippen molar-refractivity contribution < 1.29 is 9.53 Å². The standard InChI is InChI=1S/C17H14O2/c1-11(18)14-6-5-12-3-4-13-7-8-15(19-2)10-17(13)16(12)9-14/h3-10H,1-2H3. The fourth-order valence-electron chi connectivity index (χ4n) is 2.37. The molecule has 0 spiro atoms. The van der Waals surface area contributed by atoms with Crippen molar-refractivity contribution in [3.05, 3.63) is 54.1 Å². The van der Waals surface area contributed by atoms with Gasteiger partial charge < -0.3 is 4.74 Å². The van der Waals surface area contributed by atoms with E-state index in [1.54, 1.807) is 14.0 Å². The summed E-state index contributed by atoms with van der Waals surface area (Å²) >= 11 is 0. The number of fused-ring (bicyclic) bond motifs is 3. The van der Waals surface area contributed by atoms with E-state index < -0.39 is 0 Å². The van der Waals surface area contributed by atoms with E-state index in [9.17, 15) is 4.79 Å². The Morgan fingerprint density at radius 3 is 2.11 bits per heavy atom. The lowest BCUT2D eigenvalue weighted by atomic mass is 9.99. The minimum atomic E-state index is 0.0850. The van der Waals surface area contributed by atoms with Gasteiger partial charge in [-0.05, 0) is 46.7 Å². The fourth-order valence-corrected chi connectivity index (χ4v) is 2.37. The fraction of sp³-hybridized carbons (Fsp3) is 0.118.